The monoisotopic (exact) mass is 336 g/mol. The Hall–Kier alpha value is -2.03. The second-order valence-electron chi connectivity index (χ2n) is 5.20. The summed E-state index contributed by atoms with van der Waals surface area (Å²) >= 11 is 0. The Morgan fingerprint density at radius 2 is 1.91 bits per heavy atom. The van der Waals surface area contributed by atoms with E-state index in [4.69, 9.17) is 0 Å². The maximum atomic E-state index is 12.0. The SMILES string of the molecule is CC(=O)N(CCNS(=O)(=O)N(C)C)c1cccc2cccnc12. The van der Waals surface area contributed by atoms with E-state index in [9.17, 15) is 13.2 Å². The molecule has 0 aliphatic rings. The molecule has 124 valence electrons. The van der Waals surface area contributed by atoms with Gasteiger partial charge in [0, 0.05) is 45.7 Å². The largest absolute Gasteiger partial charge is 0.309 e. The van der Waals surface area contributed by atoms with E-state index in [1.807, 2.05) is 24.3 Å². The fraction of sp³-hybridized carbons (Fsp3) is 0.333. The first-order valence-electron chi connectivity index (χ1n) is 7.12. The van der Waals surface area contributed by atoms with Gasteiger partial charge in [-0.1, -0.05) is 18.2 Å². The number of para-hydroxylation sites is 1. The lowest BCUT2D eigenvalue weighted by molar-refractivity contribution is -0.116. The summed E-state index contributed by atoms with van der Waals surface area (Å²) in [4.78, 5) is 17.8. The average Bonchev–Trinajstić information content (AvgIpc) is 2.50. The van der Waals surface area contributed by atoms with Crippen molar-refractivity contribution in [1.82, 2.24) is 14.0 Å². The minimum Gasteiger partial charge on any atom is -0.309 e. The van der Waals surface area contributed by atoms with Crippen molar-refractivity contribution in [3.8, 4) is 0 Å². The second-order valence-corrected chi connectivity index (χ2v) is 7.17. The molecule has 1 amide bonds. The Balaban J connectivity index is 2.23. The van der Waals surface area contributed by atoms with Gasteiger partial charge in [0.25, 0.3) is 10.2 Å². The van der Waals surface area contributed by atoms with Crippen molar-refractivity contribution in [2.24, 2.45) is 0 Å². The predicted molar refractivity (Wildman–Crippen MR) is 90.4 cm³/mol. The number of pyridine rings is 1. The number of nitrogens with zero attached hydrogens (tertiary/aromatic N) is 3. The van der Waals surface area contributed by atoms with Crippen molar-refractivity contribution < 1.29 is 13.2 Å². The van der Waals surface area contributed by atoms with E-state index < -0.39 is 10.2 Å². The van der Waals surface area contributed by atoms with E-state index in [0.29, 0.717) is 11.2 Å². The van der Waals surface area contributed by atoms with Gasteiger partial charge in [-0.05, 0) is 12.1 Å². The third-order valence-electron chi connectivity index (χ3n) is 3.38. The van der Waals surface area contributed by atoms with Crippen LogP contribution in [0, 0.1) is 0 Å². The first-order chi connectivity index (χ1) is 10.8. The standard InChI is InChI=1S/C15H20N4O3S/c1-12(20)19(11-10-17-23(21,22)18(2)3)14-8-4-6-13-7-5-9-16-15(13)14/h4-9,17H,10-11H2,1-3H3. The molecule has 1 heterocycles. The van der Waals surface area contributed by atoms with Gasteiger partial charge >= 0.3 is 0 Å². The number of fused-ring (bicyclic) bond motifs is 1. The zero-order valence-electron chi connectivity index (χ0n) is 13.4. The van der Waals surface area contributed by atoms with Crippen LogP contribution in [0.2, 0.25) is 0 Å². The van der Waals surface area contributed by atoms with Gasteiger partial charge in [0.15, 0.2) is 0 Å². The van der Waals surface area contributed by atoms with Crippen LogP contribution in [0.5, 0.6) is 0 Å². The van der Waals surface area contributed by atoms with Crippen LogP contribution in [0.1, 0.15) is 6.92 Å². The van der Waals surface area contributed by atoms with Crippen LogP contribution in [-0.2, 0) is 15.0 Å². The highest BCUT2D eigenvalue weighted by Crippen LogP contribution is 2.24. The Bertz CT molecular complexity index is 800. The lowest BCUT2D eigenvalue weighted by Gasteiger charge is -2.23. The fourth-order valence-corrected chi connectivity index (χ4v) is 2.78. The van der Waals surface area contributed by atoms with Crippen molar-refractivity contribution in [3.63, 3.8) is 0 Å². The molecular weight excluding hydrogens is 316 g/mol. The van der Waals surface area contributed by atoms with Crippen LogP contribution in [0.25, 0.3) is 10.9 Å². The molecule has 0 saturated heterocycles. The lowest BCUT2D eigenvalue weighted by Crippen LogP contribution is -2.41. The molecule has 0 unspecified atom stereocenters. The van der Waals surface area contributed by atoms with Crippen molar-refractivity contribution in [2.75, 3.05) is 32.1 Å². The van der Waals surface area contributed by atoms with E-state index in [1.54, 1.807) is 12.3 Å². The van der Waals surface area contributed by atoms with Crippen LogP contribution in [0.15, 0.2) is 36.5 Å². The molecule has 0 bridgehead atoms. The van der Waals surface area contributed by atoms with E-state index in [-0.39, 0.29) is 19.0 Å². The van der Waals surface area contributed by atoms with Gasteiger partial charge in [-0.2, -0.15) is 12.7 Å². The molecule has 1 aromatic heterocycles. The first kappa shape index (κ1) is 17.3. The molecule has 8 heteroatoms. The number of carbonyl (C=O) groups excluding carboxylic acids is 1. The van der Waals surface area contributed by atoms with Gasteiger partial charge in [0.2, 0.25) is 5.91 Å². The van der Waals surface area contributed by atoms with E-state index in [2.05, 4.69) is 9.71 Å². The summed E-state index contributed by atoms with van der Waals surface area (Å²) in [5, 5.41) is 0.921. The molecule has 0 saturated carbocycles. The number of carbonyl (C=O) groups is 1. The summed E-state index contributed by atoms with van der Waals surface area (Å²) in [7, 11) is -0.626. The van der Waals surface area contributed by atoms with Gasteiger partial charge in [-0.3, -0.25) is 9.78 Å². The molecule has 0 spiro atoms. The lowest BCUT2D eigenvalue weighted by atomic mass is 10.1. The Morgan fingerprint density at radius 3 is 2.57 bits per heavy atom. The quantitative estimate of drug-likeness (QED) is 0.852. The minimum absolute atomic E-state index is 0.114. The van der Waals surface area contributed by atoms with Gasteiger partial charge in [-0.15, -0.1) is 0 Å². The van der Waals surface area contributed by atoms with Crippen LogP contribution < -0.4 is 9.62 Å². The Kier molecular flexibility index (Phi) is 5.30. The van der Waals surface area contributed by atoms with Gasteiger partial charge in [-0.25, -0.2) is 4.72 Å². The molecular formula is C15H20N4O3S. The van der Waals surface area contributed by atoms with Crippen molar-refractivity contribution in [1.29, 1.82) is 0 Å². The van der Waals surface area contributed by atoms with Gasteiger partial charge < -0.3 is 4.90 Å². The maximum absolute atomic E-state index is 12.0. The number of benzene rings is 1. The van der Waals surface area contributed by atoms with Crippen LogP contribution in [0.4, 0.5) is 5.69 Å². The molecule has 2 rings (SSSR count). The smallest absolute Gasteiger partial charge is 0.278 e. The molecule has 0 atom stereocenters. The third-order valence-corrected chi connectivity index (χ3v) is 4.91. The van der Waals surface area contributed by atoms with E-state index in [1.165, 1.54) is 25.9 Å². The summed E-state index contributed by atoms with van der Waals surface area (Å²) < 4.78 is 27.0. The van der Waals surface area contributed by atoms with Crippen molar-refractivity contribution in [3.05, 3.63) is 36.5 Å². The van der Waals surface area contributed by atoms with Gasteiger partial charge in [0.05, 0.1) is 11.2 Å². The van der Waals surface area contributed by atoms with Crippen molar-refractivity contribution in [2.45, 2.75) is 6.92 Å². The molecule has 23 heavy (non-hydrogen) atoms. The number of anilines is 1. The average molecular weight is 336 g/mol. The highest BCUT2D eigenvalue weighted by atomic mass is 32.2. The van der Waals surface area contributed by atoms with Gasteiger partial charge in [0.1, 0.15) is 0 Å². The molecule has 1 N–H and O–H groups in total. The number of rotatable bonds is 6. The normalized spacial score (nSPS) is 11.8. The second kappa shape index (κ2) is 7.03. The zero-order chi connectivity index (χ0) is 17.0. The number of aromatic nitrogens is 1. The highest BCUT2D eigenvalue weighted by molar-refractivity contribution is 7.87. The summed E-state index contributed by atoms with van der Waals surface area (Å²) in [5.74, 6) is -0.174. The zero-order valence-corrected chi connectivity index (χ0v) is 14.2. The number of amides is 1. The van der Waals surface area contributed by atoms with Crippen LogP contribution in [0.3, 0.4) is 0 Å². The third kappa shape index (κ3) is 4.04. The minimum atomic E-state index is -3.51. The summed E-state index contributed by atoms with van der Waals surface area (Å²) in [6.45, 7) is 1.78. The van der Waals surface area contributed by atoms with E-state index in [0.717, 1.165) is 9.69 Å². The molecule has 0 fully saturated rings. The summed E-state index contributed by atoms with van der Waals surface area (Å²) in [5.41, 5.74) is 1.38. The fourth-order valence-electron chi connectivity index (χ4n) is 2.17. The number of hydrogen-bond acceptors (Lipinski definition) is 4. The molecule has 0 radical (unpaired) electrons. The summed E-state index contributed by atoms with van der Waals surface area (Å²) in [6, 6.07) is 9.31. The molecule has 0 aliphatic heterocycles. The Morgan fingerprint density at radius 1 is 1.22 bits per heavy atom. The molecule has 0 aliphatic carbocycles. The predicted octanol–water partition coefficient (Wildman–Crippen LogP) is 0.984. The topological polar surface area (TPSA) is 82.6 Å². The van der Waals surface area contributed by atoms with Crippen LogP contribution in [-0.4, -0.2) is 50.8 Å². The Labute approximate surface area is 136 Å². The van der Waals surface area contributed by atoms with Crippen LogP contribution >= 0.6 is 0 Å². The summed E-state index contributed by atoms with van der Waals surface area (Å²) in [6.07, 6.45) is 1.67. The first-order valence-corrected chi connectivity index (χ1v) is 8.56. The highest BCUT2D eigenvalue weighted by Gasteiger charge is 2.17. The number of nitrogens with one attached hydrogen (secondary N) is 1. The molecule has 1 aromatic carbocycles. The molecule has 2 aromatic rings. The number of hydrogen-bond donors (Lipinski definition) is 1. The molecule has 7 nitrogen and oxygen atoms in total. The van der Waals surface area contributed by atoms with E-state index >= 15 is 0 Å². The maximum Gasteiger partial charge on any atom is 0.278 e. The van der Waals surface area contributed by atoms with Crippen molar-refractivity contribution >= 4 is 32.7 Å².